The second kappa shape index (κ2) is 5.96. The zero-order chi connectivity index (χ0) is 16.0. The van der Waals surface area contributed by atoms with Crippen LogP contribution in [0.1, 0.15) is 31.2 Å². The monoisotopic (exact) mass is 352 g/mol. The Labute approximate surface area is 147 Å². The van der Waals surface area contributed by atoms with E-state index in [4.69, 9.17) is 27.9 Å². The molecule has 1 atom stereocenters. The topological polar surface area (TPSA) is 15.7 Å². The molecule has 0 spiro atoms. The smallest absolute Gasteiger partial charge is 0.186 e. The molecule has 124 valence electrons. The van der Waals surface area contributed by atoms with Crippen molar-refractivity contribution in [3.63, 3.8) is 0 Å². The highest BCUT2D eigenvalue weighted by atomic mass is 35.5. The second-order valence-electron chi connectivity index (χ2n) is 6.86. The molecule has 2 heterocycles. The molecular weight excluding hydrogens is 331 g/mol. The largest absolute Gasteiger partial charge is 0.466 e. The van der Waals surface area contributed by atoms with Crippen LogP contribution in [-0.4, -0.2) is 48.8 Å². The van der Waals surface area contributed by atoms with E-state index in [1.807, 2.05) is 6.07 Å². The number of fused-ring (bicyclic) bond motifs is 2. The first kappa shape index (κ1) is 15.8. The Kier molecular flexibility index (Phi) is 4.09. The maximum absolute atomic E-state index is 6.63. The average Bonchev–Trinajstić information content (AvgIpc) is 2.54. The first-order chi connectivity index (χ1) is 11.1. The summed E-state index contributed by atoms with van der Waals surface area (Å²) in [6, 6.07) is 3.74. The van der Waals surface area contributed by atoms with Crippen molar-refractivity contribution in [1.82, 2.24) is 9.80 Å². The molecular formula is C18H22Cl2N2O. The van der Waals surface area contributed by atoms with E-state index < -0.39 is 0 Å². The molecule has 1 aromatic rings. The minimum atomic E-state index is -0.302. The summed E-state index contributed by atoms with van der Waals surface area (Å²) < 4.78 is 6.63. The Hall–Kier alpha value is -0.740. The highest BCUT2D eigenvalue weighted by Gasteiger charge is 2.47. The third-order valence-electron chi connectivity index (χ3n) is 5.37. The van der Waals surface area contributed by atoms with Crippen LogP contribution in [0.25, 0.3) is 6.08 Å². The van der Waals surface area contributed by atoms with Crippen LogP contribution in [-0.2, 0) is 0 Å². The number of rotatable bonds is 1. The van der Waals surface area contributed by atoms with Gasteiger partial charge >= 0.3 is 0 Å². The molecule has 0 aromatic heterocycles. The lowest BCUT2D eigenvalue weighted by atomic mass is 9.82. The number of nitrogens with zero attached hydrogens (tertiary/aromatic N) is 2. The highest BCUT2D eigenvalue weighted by Crippen LogP contribution is 2.48. The van der Waals surface area contributed by atoms with Gasteiger partial charge in [0.15, 0.2) is 5.72 Å². The summed E-state index contributed by atoms with van der Waals surface area (Å²) in [5, 5.41) is 1.28. The van der Waals surface area contributed by atoms with Crippen molar-refractivity contribution >= 4 is 29.3 Å². The molecule has 0 radical (unpaired) electrons. The molecule has 1 aliphatic carbocycles. The summed E-state index contributed by atoms with van der Waals surface area (Å²) in [5.41, 5.74) is 2.10. The van der Waals surface area contributed by atoms with E-state index in [-0.39, 0.29) is 5.72 Å². The van der Waals surface area contributed by atoms with Crippen LogP contribution in [0.15, 0.2) is 17.7 Å². The zero-order valence-corrected chi connectivity index (χ0v) is 15.0. The van der Waals surface area contributed by atoms with Crippen molar-refractivity contribution < 1.29 is 4.74 Å². The maximum atomic E-state index is 6.63. The van der Waals surface area contributed by atoms with Gasteiger partial charge < -0.3 is 9.64 Å². The molecule has 0 amide bonds. The first-order valence-electron chi connectivity index (χ1n) is 8.41. The quantitative estimate of drug-likeness (QED) is 0.749. The number of ether oxygens (including phenoxy) is 1. The third kappa shape index (κ3) is 2.68. The molecule has 23 heavy (non-hydrogen) atoms. The predicted octanol–water partition coefficient (Wildman–Crippen LogP) is 4.29. The van der Waals surface area contributed by atoms with Crippen molar-refractivity contribution in [2.75, 3.05) is 33.2 Å². The number of halogens is 2. The van der Waals surface area contributed by atoms with E-state index >= 15 is 0 Å². The van der Waals surface area contributed by atoms with Gasteiger partial charge in [0.25, 0.3) is 0 Å². The van der Waals surface area contributed by atoms with Gasteiger partial charge in [-0.15, -0.1) is 0 Å². The Morgan fingerprint density at radius 1 is 1.09 bits per heavy atom. The molecule has 3 nitrogen and oxygen atoms in total. The van der Waals surface area contributed by atoms with Crippen LogP contribution in [0.2, 0.25) is 10.0 Å². The lowest BCUT2D eigenvalue weighted by Gasteiger charge is -2.51. The summed E-state index contributed by atoms with van der Waals surface area (Å²) in [6.07, 6.45) is 6.84. The number of hydrogen-bond donors (Lipinski definition) is 0. The summed E-state index contributed by atoms with van der Waals surface area (Å²) in [4.78, 5) is 4.90. The van der Waals surface area contributed by atoms with E-state index in [9.17, 15) is 0 Å². The van der Waals surface area contributed by atoms with E-state index in [1.54, 1.807) is 6.07 Å². The molecule has 0 N–H and O–H groups in total. The number of piperazine rings is 1. The molecule has 0 bridgehead atoms. The van der Waals surface area contributed by atoms with Gasteiger partial charge in [-0.3, -0.25) is 4.90 Å². The molecule has 5 heteroatoms. The highest BCUT2D eigenvalue weighted by molar-refractivity contribution is 6.36. The van der Waals surface area contributed by atoms with Crippen LogP contribution < -0.4 is 4.74 Å². The molecule has 1 saturated carbocycles. The van der Waals surface area contributed by atoms with Crippen molar-refractivity contribution in [3.05, 3.63) is 33.3 Å². The fraction of sp³-hybridized carbons (Fsp3) is 0.556. The van der Waals surface area contributed by atoms with Gasteiger partial charge in [-0.05, 0) is 50.1 Å². The Balaban J connectivity index is 1.76. The van der Waals surface area contributed by atoms with Gasteiger partial charge in [0.05, 0.1) is 5.02 Å². The minimum Gasteiger partial charge on any atom is -0.466 e. The lowest BCUT2D eigenvalue weighted by Crippen LogP contribution is -2.61. The van der Waals surface area contributed by atoms with Crippen LogP contribution >= 0.6 is 23.2 Å². The average molecular weight is 353 g/mol. The standard InChI is InChI=1S/C18H22Cl2N2O/c1-21-6-8-22(9-7-21)18-5-3-2-4-14(18)10-13-11-15(19)12-16(20)17(13)23-18/h10-12H,2-9H2,1H3. The van der Waals surface area contributed by atoms with E-state index in [0.717, 1.165) is 50.3 Å². The molecule has 4 rings (SSSR count). The van der Waals surface area contributed by atoms with Crippen molar-refractivity contribution in [3.8, 4) is 5.75 Å². The van der Waals surface area contributed by atoms with Gasteiger partial charge in [0, 0.05) is 43.2 Å². The van der Waals surface area contributed by atoms with Crippen molar-refractivity contribution in [2.24, 2.45) is 0 Å². The van der Waals surface area contributed by atoms with Crippen LogP contribution in [0.4, 0.5) is 0 Å². The predicted molar refractivity (Wildman–Crippen MR) is 95.3 cm³/mol. The van der Waals surface area contributed by atoms with Crippen molar-refractivity contribution in [1.29, 1.82) is 0 Å². The number of hydrogen-bond acceptors (Lipinski definition) is 3. The van der Waals surface area contributed by atoms with Crippen LogP contribution in [0.5, 0.6) is 5.75 Å². The summed E-state index contributed by atoms with van der Waals surface area (Å²) in [6.45, 7) is 4.24. The van der Waals surface area contributed by atoms with Gasteiger partial charge in [-0.1, -0.05) is 23.2 Å². The fourth-order valence-electron chi connectivity index (χ4n) is 4.08. The molecule has 3 aliphatic rings. The maximum Gasteiger partial charge on any atom is 0.186 e. The Morgan fingerprint density at radius 2 is 1.87 bits per heavy atom. The molecule has 2 fully saturated rings. The van der Waals surface area contributed by atoms with Gasteiger partial charge in [-0.2, -0.15) is 0 Å². The van der Waals surface area contributed by atoms with E-state index in [2.05, 4.69) is 22.9 Å². The van der Waals surface area contributed by atoms with E-state index in [0.29, 0.717) is 10.0 Å². The third-order valence-corrected chi connectivity index (χ3v) is 5.86. The van der Waals surface area contributed by atoms with Crippen molar-refractivity contribution in [2.45, 2.75) is 31.4 Å². The second-order valence-corrected chi connectivity index (χ2v) is 7.70. The fourth-order valence-corrected chi connectivity index (χ4v) is 4.63. The molecule has 2 aliphatic heterocycles. The summed E-state index contributed by atoms with van der Waals surface area (Å²) in [5.74, 6) is 0.792. The number of likely N-dealkylation sites (N-methyl/N-ethyl adjacent to an activating group) is 1. The van der Waals surface area contributed by atoms with Gasteiger partial charge in [0.2, 0.25) is 0 Å². The molecule has 1 saturated heterocycles. The Bertz CT molecular complexity index is 653. The summed E-state index contributed by atoms with van der Waals surface area (Å²) >= 11 is 12.6. The van der Waals surface area contributed by atoms with Crippen LogP contribution in [0, 0.1) is 0 Å². The van der Waals surface area contributed by atoms with Gasteiger partial charge in [0.1, 0.15) is 5.75 Å². The Morgan fingerprint density at radius 3 is 2.65 bits per heavy atom. The normalized spacial score (nSPS) is 28.6. The molecule has 1 unspecified atom stereocenters. The zero-order valence-electron chi connectivity index (χ0n) is 13.4. The van der Waals surface area contributed by atoms with Gasteiger partial charge in [-0.25, -0.2) is 0 Å². The lowest BCUT2D eigenvalue weighted by molar-refractivity contribution is -0.0897. The van der Waals surface area contributed by atoms with Crippen LogP contribution in [0.3, 0.4) is 0 Å². The number of benzene rings is 1. The SMILES string of the molecule is CN1CCN(C23CCCCC2=Cc2cc(Cl)cc(Cl)c2O3)CC1. The minimum absolute atomic E-state index is 0.302. The summed E-state index contributed by atoms with van der Waals surface area (Å²) in [7, 11) is 2.18. The molecule has 1 aromatic carbocycles. The first-order valence-corrected chi connectivity index (χ1v) is 9.17. The van der Waals surface area contributed by atoms with E-state index in [1.165, 1.54) is 18.4 Å².